The van der Waals surface area contributed by atoms with Crippen LogP contribution in [0.4, 0.5) is 5.88 Å². The summed E-state index contributed by atoms with van der Waals surface area (Å²) in [5.74, 6) is 1.63. The van der Waals surface area contributed by atoms with Crippen LogP contribution < -0.4 is 15.2 Å². The van der Waals surface area contributed by atoms with Gasteiger partial charge in [-0.25, -0.2) is 0 Å². The van der Waals surface area contributed by atoms with Crippen molar-refractivity contribution in [3.8, 4) is 22.6 Å². The SMILES string of the molecule is Nc1oncc1-c1c(Br)ccc2c1OCCO2. The lowest BCUT2D eigenvalue weighted by Crippen LogP contribution is -2.16. The fraction of sp³-hybridized carbons (Fsp3) is 0.182. The molecule has 2 heterocycles. The second-order valence-electron chi connectivity index (χ2n) is 3.55. The maximum absolute atomic E-state index is 5.73. The molecule has 0 amide bonds. The van der Waals surface area contributed by atoms with Crippen molar-refractivity contribution in [3.05, 3.63) is 22.8 Å². The van der Waals surface area contributed by atoms with Crippen molar-refractivity contribution < 1.29 is 14.0 Å². The highest BCUT2D eigenvalue weighted by atomic mass is 79.9. The molecule has 0 atom stereocenters. The highest BCUT2D eigenvalue weighted by molar-refractivity contribution is 9.10. The number of benzene rings is 1. The van der Waals surface area contributed by atoms with Crippen LogP contribution in [0.3, 0.4) is 0 Å². The first-order valence-electron chi connectivity index (χ1n) is 5.06. The van der Waals surface area contributed by atoms with Gasteiger partial charge in [-0.3, -0.25) is 0 Å². The standard InChI is InChI=1S/C11H9BrN2O3/c12-7-1-2-8-10(16-4-3-15-8)9(7)6-5-14-17-11(6)13/h1-2,5H,3-4,13H2. The molecule has 3 rings (SSSR count). The molecule has 6 heteroatoms. The number of hydrogen-bond acceptors (Lipinski definition) is 5. The van der Waals surface area contributed by atoms with Crippen molar-refractivity contribution in [2.45, 2.75) is 0 Å². The Morgan fingerprint density at radius 2 is 2.06 bits per heavy atom. The molecule has 2 aromatic rings. The Balaban J connectivity index is 2.25. The lowest BCUT2D eigenvalue weighted by Gasteiger charge is -2.21. The van der Waals surface area contributed by atoms with Crippen molar-refractivity contribution in [2.75, 3.05) is 18.9 Å². The largest absolute Gasteiger partial charge is 0.486 e. The van der Waals surface area contributed by atoms with E-state index in [1.807, 2.05) is 12.1 Å². The van der Waals surface area contributed by atoms with Gasteiger partial charge in [0.2, 0.25) is 5.88 Å². The van der Waals surface area contributed by atoms with Crippen molar-refractivity contribution in [3.63, 3.8) is 0 Å². The van der Waals surface area contributed by atoms with Crippen LogP contribution in [0.2, 0.25) is 0 Å². The minimum absolute atomic E-state index is 0.258. The van der Waals surface area contributed by atoms with Crippen LogP contribution in [0.5, 0.6) is 11.5 Å². The number of hydrogen-bond donors (Lipinski definition) is 1. The number of halogens is 1. The van der Waals surface area contributed by atoms with Gasteiger partial charge in [-0.2, -0.15) is 0 Å². The number of nitrogens with two attached hydrogens (primary N) is 1. The van der Waals surface area contributed by atoms with Gasteiger partial charge in [-0.05, 0) is 12.1 Å². The van der Waals surface area contributed by atoms with Crippen molar-refractivity contribution in [1.82, 2.24) is 5.16 Å². The zero-order valence-corrected chi connectivity index (χ0v) is 10.4. The molecule has 0 saturated carbocycles. The van der Waals surface area contributed by atoms with Crippen LogP contribution >= 0.6 is 15.9 Å². The summed E-state index contributed by atoms with van der Waals surface area (Å²) in [6.07, 6.45) is 1.56. The molecule has 0 fully saturated rings. The zero-order chi connectivity index (χ0) is 11.8. The summed E-state index contributed by atoms with van der Waals surface area (Å²) in [4.78, 5) is 0. The van der Waals surface area contributed by atoms with E-state index in [1.54, 1.807) is 6.20 Å². The van der Waals surface area contributed by atoms with Crippen molar-refractivity contribution in [1.29, 1.82) is 0 Å². The Morgan fingerprint density at radius 3 is 2.82 bits per heavy atom. The zero-order valence-electron chi connectivity index (χ0n) is 8.77. The third-order valence-corrected chi connectivity index (χ3v) is 3.19. The fourth-order valence-electron chi connectivity index (χ4n) is 1.78. The van der Waals surface area contributed by atoms with E-state index in [4.69, 9.17) is 19.7 Å². The van der Waals surface area contributed by atoms with Gasteiger partial charge in [0.1, 0.15) is 13.2 Å². The molecule has 0 spiro atoms. The molecular weight excluding hydrogens is 288 g/mol. The molecule has 1 aliphatic rings. The molecular formula is C11H9BrN2O3. The van der Waals surface area contributed by atoms with Crippen LogP contribution in [0.15, 0.2) is 27.3 Å². The molecule has 1 aromatic heterocycles. The number of anilines is 1. The second kappa shape index (κ2) is 3.96. The molecule has 0 radical (unpaired) electrons. The molecule has 1 aromatic carbocycles. The lowest BCUT2D eigenvalue weighted by atomic mass is 10.1. The van der Waals surface area contributed by atoms with E-state index < -0.39 is 0 Å². The summed E-state index contributed by atoms with van der Waals surface area (Å²) >= 11 is 3.47. The smallest absolute Gasteiger partial charge is 0.230 e. The molecule has 2 N–H and O–H groups in total. The van der Waals surface area contributed by atoms with Crippen LogP contribution in [0.25, 0.3) is 11.1 Å². The second-order valence-corrected chi connectivity index (χ2v) is 4.40. The van der Waals surface area contributed by atoms with E-state index in [-0.39, 0.29) is 5.88 Å². The Bertz CT molecular complexity index is 568. The van der Waals surface area contributed by atoms with Gasteiger partial charge in [-0.15, -0.1) is 0 Å². The van der Waals surface area contributed by atoms with E-state index in [0.29, 0.717) is 30.3 Å². The van der Waals surface area contributed by atoms with E-state index in [2.05, 4.69) is 21.1 Å². The van der Waals surface area contributed by atoms with Gasteiger partial charge in [-0.1, -0.05) is 21.1 Å². The molecule has 17 heavy (non-hydrogen) atoms. The molecule has 0 bridgehead atoms. The van der Waals surface area contributed by atoms with Gasteiger partial charge in [0.15, 0.2) is 11.5 Å². The van der Waals surface area contributed by atoms with Crippen molar-refractivity contribution in [2.24, 2.45) is 0 Å². The summed E-state index contributed by atoms with van der Waals surface area (Å²) in [6.45, 7) is 1.06. The molecule has 0 unspecified atom stereocenters. The number of nitrogens with zero attached hydrogens (tertiary/aromatic N) is 1. The van der Waals surface area contributed by atoms with Crippen molar-refractivity contribution >= 4 is 21.8 Å². The molecule has 1 aliphatic heterocycles. The van der Waals surface area contributed by atoms with Gasteiger partial charge >= 0.3 is 0 Å². The van der Waals surface area contributed by atoms with Crippen LogP contribution in [-0.2, 0) is 0 Å². The number of nitrogen functional groups attached to an aromatic ring is 1. The summed E-state index contributed by atoms with van der Waals surface area (Å²) in [5, 5.41) is 3.67. The quantitative estimate of drug-likeness (QED) is 0.875. The van der Waals surface area contributed by atoms with E-state index in [0.717, 1.165) is 10.0 Å². The Morgan fingerprint density at radius 1 is 1.24 bits per heavy atom. The van der Waals surface area contributed by atoms with Crippen LogP contribution in [-0.4, -0.2) is 18.4 Å². The van der Waals surface area contributed by atoms with Crippen LogP contribution in [0.1, 0.15) is 0 Å². The Labute approximate surface area is 106 Å². The first-order chi connectivity index (χ1) is 8.27. The highest BCUT2D eigenvalue weighted by Gasteiger charge is 2.22. The maximum Gasteiger partial charge on any atom is 0.230 e. The minimum Gasteiger partial charge on any atom is -0.486 e. The molecule has 0 saturated heterocycles. The predicted octanol–water partition coefficient (Wildman–Crippen LogP) is 2.46. The first kappa shape index (κ1) is 10.5. The van der Waals surface area contributed by atoms with E-state index in [9.17, 15) is 0 Å². The first-order valence-corrected chi connectivity index (χ1v) is 5.85. The average Bonchev–Trinajstić information content (AvgIpc) is 2.75. The topological polar surface area (TPSA) is 70.5 Å². The number of ether oxygens (including phenoxy) is 2. The normalized spacial score (nSPS) is 13.7. The minimum atomic E-state index is 0.258. The molecule has 5 nitrogen and oxygen atoms in total. The average molecular weight is 297 g/mol. The summed E-state index contributed by atoms with van der Waals surface area (Å²) < 4.78 is 16.9. The van der Waals surface area contributed by atoms with Gasteiger partial charge in [0, 0.05) is 10.0 Å². The summed E-state index contributed by atoms with van der Waals surface area (Å²) in [6, 6.07) is 3.74. The van der Waals surface area contributed by atoms with Gasteiger partial charge < -0.3 is 19.7 Å². The van der Waals surface area contributed by atoms with E-state index in [1.165, 1.54) is 0 Å². The number of fused-ring (bicyclic) bond motifs is 1. The monoisotopic (exact) mass is 296 g/mol. The highest BCUT2D eigenvalue weighted by Crippen LogP contribution is 2.45. The Kier molecular flexibility index (Phi) is 2.44. The number of aromatic nitrogens is 1. The van der Waals surface area contributed by atoms with Crippen LogP contribution in [0, 0.1) is 0 Å². The predicted molar refractivity (Wildman–Crippen MR) is 65.0 cm³/mol. The summed E-state index contributed by atoms with van der Waals surface area (Å²) in [5.41, 5.74) is 7.23. The summed E-state index contributed by atoms with van der Waals surface area (Å²) in [7, 11) is 0. The third-order valence-electron chi connectivity index (χ3n) is 2.53. The molecule has 0 aliphatic carbocycles. The Hall–Kier alpha value is -1.69. The maximum atomic E-state index is 5.73. The number of rotatable bonds is 1. The van der Waals surface area contributed by atoms with Gasteiger partial charge in [0.25, 0.3) is 0 Å². The van der Waals surface area contributed by atoms with Gasteiger partial charge in [0.05, 0.1) is 11.8 Å². The third kappa shape index (κ3) is 1.64. The fourth-order valence-corrected chi connectivity index (χ4v) is 2.30. The lowest BCUT2D eigenvalue weighted by molar-refractivity contribution is 0.172. The molecule has 88 valence electrons. The van der Waals surface area contributed by atoms with E-state index >= 15 is 0 Å².